The number of hydrogen-bond acceptors (Lipinski definition) is 2. The maximum atomic E-state index is 11.9. The van der Waals surface area contributed by atoms with Crippen LogP contribution in [0.1, 0.15) is 37.7 Å². The molecule has 20 heavy (non-hydrogen) atoms. The lowest BCUT2D eigenvalue weighted by Gasteiger charge is -2.33. The predicted octanol–water partition coefficient (Wildman–Crippen LogP) is 3.46. The number of aromatic amines is 1. The van der Waals surface area contributed by atoms with Crippen molar-refractivity contribution in [3.05, 3.63) is 30.0 Å². The molecule has 0 aliphatic heterocycles. The monoisotopic (exact) mass is 273 g/mol. The molecule has 0 spiro atoms. The summed E-state index contributed by atoms with van der Waals surface area (Å²) in [5.41, 5.74) is 1.03. The molecule has 1 fully saturated rings. The lowest BCUT2D eigenvalue weighted by molar-refractivity contribution is -0.145. The summed E-state index contributed by atoms with van der Waals surface area (Å²) in [6.07, 6.45) is 6.33. The molecule has 4 nitrogen and oxygen atoms in total. The Morgan fingerprint density at radius 2 is 2.05 bits per heavy atom. The average molecular weight is 273 g/mol. The predicted molar refractivity (Wildman–Crippen MR) is 77.2 cm³/mol. The SMILES string of the molecule is COc1cc(C2(C(=O)O)CCCCC2)cc2[nH]ccc12. The number of carboxylic acids is 1. The molecule has 1 heterocycles. The molecular weight excluding hydrogens is 254 g/mol. The Balaban J connectivity index is 2.18. The summed E-state index contributed by atoms with van der Waals surface area (Å²) in [5.74, 6) is 0.0232. The first kappa shape index (κ1) is 13.0. The minimum Gasteiger partial charge on any atom is -0.496 e. The van der Waals surface area contributed by atoms with Gasteiger partial charge in [0.15, 0.2) is 0 Å². The standard InChI is InChI=1S/C16H19NO3/c1-20-14-10-11(9-13-12(14)5-8-17-13)16(15(18)19)6-3-2-4-7-16/h5,8-10,17H,2-4,6-7H2,1H3,(H,18,19). The molecule has 0 bridgehead atoms. The van der Waals surface area contributed by atoms with Gasteiger partial charge in [0.05, 0.1) is 12.5 Å². The Kier molecular flexibility index (Phi) is 3.16. The van der Waals surface area contributed by atoms with Gasteiger partial charge in [-0.25, -0.2) is 0 Å². The van der Waals surface area contributed by atoms with Crippen LogP contribution >= 0.6 is 0 Å². The number of hydrogen-bond donors (Lipinski definition) is 2. The van der Waals surface area contributed by atoms with Crippen molar-refractivity contribution in [1.29, 1.82) is 0 Å². The van der Waals surface area contributed by atoms with Gasteiger partial charge >= 0.3 is 5.97 Å². The van der Waals surface area contributed by atoms with Crippen molar-refractivity contribution < 1.29 is 14.6 Å². The van der Waals surface area contributed by atoms with Crippen molar-refractivity contribution in [3.63, 3.8) is 0 Å². The van der Waals surface area contributed by atoms with E-state index in [1.807, 2.05) is 24.4 Å². The van der Waals surface area contributed by atoms with Crippen LogP contribution in [0.2, 0.25) is 0 Å². The average Bonchev–Trinajstić information content (AvgIpc) is 2.95. The first-order valence-corrected chi connectivity index (χ1v) is 7.06. The third-order valence-corrected chi connectivity index (χ3v) is 4.52. The van der Waals surface area contributed by atoms with Crippen molar-refractivity contribution in [1.82, 2.24) is 4.98 Å². The minimum absolute atomic E-state index is 0.706. The molecule has 2 N–H and O–H groups in total. The van der Waals surface area contributed by atoms with Crippen molar-refractivity contribution in [2.45, 2.75) is 37.5 Å². The van der Waals surface area contributed by atoms with Crippen LogP contribution in [0, 0.1) is 0 Å². The van der Waals surface area contributed by atoms with Gasteiger partial charge in [-0.3, -0.25) is 4.79 Å². The van der Waals surface area contributed by atoms with Gasteiger partial charge in [0.1, 0.15) is 5.75 Å². The highest BCUT2D eigenvalue weighted by molar-refractivity contribution is 5.90. The largest absolute Gasteiger partial charge is 0.496 e. The molecule has 106 valence electrons. The van der Waals surface area contributed by atoms with E-state index in [-0.39, 0.29) is 0 Å². The number of methoxy groups -OCH3 is 1. The number of benzene rings is 1. The van der Waals surface area contributed by atoms with Crippen LogP contribution < -0.4 is 4.74 Å². The summed E-state index contributed by atoms with van der Waals surface area (Å²) in [6.45, 7) is 0. The van der Waals surface area contributed by atoms with E-state index in [1.165, 1.54) is 0 Å². The molecular formula is C16H19NO3. The second-order valence-corrected chi connectivity index (χ2v) is 5.57. The van der Waals surface area contributed by atoms with Gasteiger partial charge in [0.2, 0.25) is 0 Å². The Morgan fingerprint density at radius 1 is 1.30 bits per heavy atom. The second-order valence-electron chi connectivity index (χ2n) is 5.57. The maximum absolute atomic E-state index is 11.9. The fourth-order valence-corrected chi connectivity index (χ4v) is 3.36. The van der Waals surface area contributed by atoms with E-state index in [1.54, 1.807) is 7.11 Å². The molecule has 1 aliphatic carbocycles. The van der Waals surface area contributed by atoms with Gasteiger partial charge in [-0.1, -0.05) is 19.3 Å². The highest BCUT2D eigenvalue weighted by Crippen LogP contribution is 2.42. The van der Waals surface area contributed by atoms with Gasteiger partial charge in [-0.05, 0) is 36.6 Å². The van der Waals surface area contributed by atoms with E-state index in [0.29, 0.717) is 12.8 Å². The molecule has 0 radical (unpaired) electrons. The van der Waals surface area contributed by atoms with Crippen LogP contribution in [0.5, 0.6) is 5.75 Å². The van der Waals surface area contributed by atoms with Gasteiger partial charge in [-0.2, -0.15) is 0 Å². The van der Waals surface area contributed by atoms with Crippen molar-refractivity contribution in [2.24, 2.45) is 0 Å². The number of aromatic nitrogens is 1. The minimum atomic E-state index is -0.759. The molecule has 3 rings (SSSR count). The summed E-state index contributed by atoms with van der Waals surface area (Å²) in [5, 5.41) is 10.8. The van der Waals surface area contributed by atoms with Crippen LogP contribution in [0.3, 0.4) is 0 Å². The van der Waals surface area contributed by atoms with E-state index >= 15 is 0 Å². The number of ether oxygens (including phenoxy) is 1. The Hall–Kier alpha value is -1.97. The van der Waals surface area contributed by atoms with Crippen LogP contribution in [-0.2, 0) is 10.2 Å². The zero-order valence-corrected chi connectivity index (χ0v) is 11.6. The molecule has 2 aromatic rings. The van der Waals surface area contributed by atoms with Crippen LogP contribution in [0.15, 0.2) is 24.4 Å². The number of carboxylic acid groups (broad SMARTS) is 1. The highest BCUT2D eigenvalue weighted by atomic mass is 16.5. The van der Waals surface area contributed by atoms with Gasteiger partial charge in [0, 0.05) is 17.1 Å². The van der Waals surface area contributed by atoms with Gasteiger partial charge < -0.3 is 14.8 Å². The smallest absolute Gasteiger partial charge is 0.314 e. The summed E-state index contributed by atoms with van der Waals surface area (Å²) in [4.78, 5) is 15.1. The summed E-state index contributed by atoms with van der Waals surface area (Å²) in [7, 11) is 1.62. The molecule has 0 saturated heterocycles. The molecule has 0 amide bonds. The first-order chi connectivity index (χ1) is 9.67. The van der Waals surface area contributed by atoms with Crippen LogP contribution in [0.25, 0.3) is 10.9 Å². The Morgan fingerprint density at radius 3 is 2.70 bits per heavy atom. The number of aliphatic carboxylic acids is 1. The molecule has 1 aromatic heterocycles. The number of fused-ring (bicyclic) bond motifs is 1. The zero-order chi connectivity index (χ0) is 14.2. The van der Waals surface area contributed by atoms with Crippen molar-refractivity contribution in [3.8, 4) is 5.75 Å². The van der Waals surface area contributed by atoms with E-state index in [9.17, 15) is 9.90 Å². The lowest BCUT2D eigenvalue weighted by atomic mass is 9.69. The summed E-state index contributed by atoms with van der Waals surface area (Å²) in [6, 6.07) is 5.82. The van der Waals surface area contributed by atoms with Crippen molar-refractivity contribution >= 4 is 16.9 Å². The number of H-pyrrole nitrogens is 1. The van der Waals surface area contributed by atoms with E-state index in [0.717, 1.165) is 41.5 Å². The topological polar surface area (TPSA) is 62.3 Å². The van der Waals surface area contributed by atoms with Gasteiger partial charge in [-0.15, -0.1) is 0 Å². The molecule has 1 aromatic carbocycles. The molecule has 0 atom stereocenters. The van der Waals surface area contributed by atoms with E-state index in [2.05, 4.69) is 4.98 Å². The van der Waals surface area contributed by atoms with Crippen molar-refractivity contribution in [2.75, 3.05) is 7.11 Å². The fraction of sp³-hybridized carbons (Fsp3) is 0.438. The zero-order valence-electron chi connectivity index (χ0n) is 11.6. The normalized spacial score (nSPS) is 18.1. The summed E-state index contributed by atoms with van der Waals surface area (Å²) >= 11 is 0. The third-order valence-electron chi connectivity index (χ3n) is 4.52. The second kappa shape index (κ2) is 4.85. The van der Waals surface area contributed by atoms with E-state index in [4.69, 9.17) is 4.74 Å². The maximum Gasteiger partial charge on any atom is 0.314 e. The van der Waals surface area contributed by atoms with Gasteiger partial charge in [0.25, 0.3) is 0 Å². The quantitative estimate of drug-likeness (QED) is 0.900. The molecule has 1 aliphatic rings. The number of carbonyl (C=O) groups is 1. The Bertz CT molecular complexity index is 638. The first-order valence-electron chi connectivity index (χ1n) is 7.06. The fourth-order valence-electron chi connectivity index (χ4n) is 3.36. The van der Waals surface area contributed by atoms with Crippen LogP contribution in [0.4, 0.5) is 0 Å². The van der Waals surface area contributed by atoms with Crippen LogP contribution in [-0.4, -0.2) is 23.2 Å². The molecule has 0 unspecified atom stereocenters. The number of rotatable bonds is 3. The Labute approximate surface area is 117 Å². The molecule has 1 saturated carbocycles. The van der Waals surface area contributed by atoms with E-state index < -0.39 is 11.4 Å². The number of nitrogens with one attached hydrogen (secondary N) is 1. The lowest BCUT2D eigenvalue weighted by Crippen LogP contribution is -2.37. The third kappa shape index (κ3) is 1.87. The molecule has 4 heteroatoms. The highest BCUT2D eigenvalue weighted by Gasteiger charge is 2.41. The summed E-state index contributed by atoms with van der Waals surface area (Å²) < 4.78 is 5.43.